The molecule has 0 unspecified atom stereocenters. The van der Waals surface area contributed by atoms with Gasteiger partial charge in [0, 0.05) is 29.8 Å². The minimum Gasteiger partial charge on any atom is -0.496 e. The number of esters is 1. The van der Waals surface area contributed by atoms with Gasteiger partial charge in [-0.05, 0) is 43.7 Å². The average Bonchev–Trinajstić information content (AvgIpc) is 3.14. The third-order valence-corrected chi connectivity index (χ3v) is 6.87. The number of methoxy groups -OCH3 is 2. The predicted octanol–water partition coefficient (Wildman–Crippen LogP) is 3.89. The summed E-state index contributed by atoms with van der Waals surface area (Å²) in [6, 6.07) is 7.79. The number of carbonyl (C=O) groups is 1. The maximum Gasteiger partial charge on any atom is 0.305 e. The minimum absolute atomic E-state index is 0.00848. The number of aryl methyl sites for hydroxylation is 2. The van der Waals surface area contributed by atoms with E-state index in [4.69, 9.17) is 14.5 Å². The highest BCUT2D eigenvalue weighted by Gasteiger charge is 2.22. The largest absolute Gasteiger partial charge is 0.496 e. The van der Waals surface area contributed by atoms with Crippen LogP contribution in [0.5, 0.6) is 5.75 Å². The molecule has 30 heavy (non-hydrogen) atoms. The first kappa shape index (κ1) is 20.6. The molecule has 1 aromatic carbocycles. The number of ether oxygens (including phenoxy) is 2. The van der Waals surface area contributed by atoms with Crippen LogP contribution in [0, 0.1) is 0 Å². The highest BCUT2D eigenvalue weighted by Crippen LogP contribution is 2.34. The molecule has 0 radical (unpaired) electrons. The summed E-state index contributed by atoms with van der Waals surface area (Å²) in [6.45, 7) is 0.436. The second kappa shape index (κ2) is 9.00. The van der Waals surface area contributed by atoms with E-state index < -0.39 is 0 Å². The van der Waals surface area contributed by atoms with Gasteiger partial charge in [0.15, 0.2) is 0 Å². The molecule has 2 aromatic heterocycles. The normalized spacial score (nSPS) is 13.3. The molecule has 158 valence electrons. The number of aromatic nitrogens is 2. The summed E-state index contributed by atoms with van der Waals surface area (Å²) in [5.74, 6) is 1.22. The van der Waals surface area contributed by atoms with Gasteiger partial charge in [0.1, 0.15) is 16.4 Å². The molecule has 0 aliphatic heterocycles. The zero-order chi connectivity index (χ0) is 21.1. The lowest BCUT2D eigenvalue weighted by atomic mass is 9.97. The average molecular weight is 427 g/mol. The Morgan fingerprint density at radius 1 is 1.20 bits per heavy atom. The van der Waals surface area contributed by atoms with Crippen LogP contribution in [0.1, 0.15) is 47.5 Å². The van der Waals surface area contributed by atoms with E-state index >= 15 is 0 Å². The number of rotatable bonds is 7. The summed E-state index contributed by atoms with van der Waals surface area (Å²) in [4.78, 5) is 32.2. The molecule has 0 amide bonds. The number of nitrogens with zero attached hydrogens (tertiary/aromatic N) is 2. The number of hydrogen-bond donors (Lipinski definition) is 0. The molecular formula is C23H26N2O4S. The van der Waals surface area contributed by atoms with Crippen LogP contribution >= 0.6 is 11.3 Å². The monoisotopic (exact) mass is 426 g/mol. The van der Waals surface area contributed by atoms with Crippen LogP contribution in [0.15, 0.2) is 29.1 Å². The molecule has 4 rings (SSSR count). The molecule has 0 saturated carbocycles. The molecule has 1 aliphatic rings. The Kier molecular flexibility index (Phi) is 6.18. The summed E-state index contributed by atoms with van der Waals surface area (Å²) in [5.41, 5.74) is 2.17. The van der Waals surface area contributed by atoms with Crippen LogP contribution in [0.2, 0.25) is 0 Å². The van der Waals surface area contributed by atoms with Crippen molar-refractivity contribution >= 4 is 27.5 Å². The fourth-order valence-electron chi connectivity index (χ4n) is 4.15. The van der Waals surface area contributed by atoms with E-state index in [1.54, 1.807) is 23.0 Å². The van der Waals surface area contributed by atoms with Crippen LogP contribution in [-0.2, 0) is 35.3 Å². The molecule has 0 N–H and O–H groups in total. The molecule has 0 saturated heterocycles. The third-order valence-electron chi connectivity index (χ3n) is 5.69. The van der Waals surface area contributed by atoms with Gasteiger partial charge in [0.05, 0.1) is 19.6 Å². The summed E-state index contributed by atoms with van der Waals surface area (Å²) < 4.78 is 12.0. The molecule has 2 heterocycles. The van der Waals surface area contributed by atoms with Gasteiger partial charge in [-0.15, -0.1) is 11.3 Å². The van der Waals surface area contributed by atoms with Crippen LogP contribution in [0.3, 0.4) is 0 Å². The molecule has 0 bridgehead atoms. The lowest BCUT2D eigenvalue weighted by Gasteiger charge is -2.15. The van der Waals surface area contributed by atoms with Crippen molar-refractivity contribution < 1.29 is 14.3 Å². The first-order chi connectivity index (χ1) is 14.6. The summed E-state index contributed by atoms with van der Waals surface area (Å²) in [7, 11) is 3.03. The predicted molar refractivity (Wildman–Crippen MR) is 118 cm³/mol. The number of para-hydroxylation sites is 1. The summed E-state index contributed by atoms with van der Waals surface area (Å²) in [5, 5.41) is 0.775. The zero-order valence-electron chi connectivity index (χ0n) is 17.4. The molecule has 6 nitrogen and oxygen atoms in total. The van der Waals surface area contributed by atoms with Crippen molar-refractivity contribution in [3.8, 4) is 5.75 Å². The maximum absolute atomic E-state index is 13.6. The molecule has 0 spiro atoms. The summed E-state index contributed by atoms with van der Waals surface area (Å²) >= 11 is 1.66. The quantitative estimate of drug-likeness (QED) is 0.536. The molecule has 7 heteroatoms. The molecule has 1 aliphatic carbocycles. The van der Waals surface area contributed by atoms with Crippen molar-refractivity contribution in [2.45, 2.75) is 51.5 Å². The standard InChI is InChI=1S/C23H26N2O4S/c1-28-17-10-5-3-8-15(17)14-19-24-22-21(16-9-4-6-11-18(16)30-22)23(27)25(19)13-7-12-20(26)29-2/h3,5,8,10H,4,6-7,9,11-14H2,1-2H3. The smallest absolute Gasteiger partial charge is 0.305 e. The van der Waals surface area contributed by atoms with Crippen LogP contribution in [0.4, 0.5) is 0 Å². The van der Waals surface area contributed by atoms with E-state index in [2.05, 4.69) is 0 Å². The zero-order valence-corrected chi connectivity index (χ0v) is 18.2. The van der Waals surface area contributed by atoms with Gasteiger partial charge in [0.2, 0.25) is 0 Å². The van der Waals surface area contributed by atoms with Crippen LogP contribution < -0.4 is 10.3 Å². The molecule has 3 aromatic rings. The van der Waals surface area contributed by atoms with Gasteiger partial charge in [-0.1, -0.05) is 18.2 Å². The van der Waals surface area contributed by atoms with E-state index in [0.717, 1.165) is 40.8 Å². The van der Waals surface area contributed by atoms with E-state index in [-0.39, 0.29) is 17.9 Å². The number of fused-ring (bicyclic) bond motifs is 3. The minimum atomic E-state index is -0.267. The van der Waals surface area contributed by atoms with E-state index in [0.29, 0.717) is 25.2 Å². The van der Waals surface area contributed by atoms with Gasteiger partial charge in [-0.25, -0.2) is 4.98 Å². The first-order valence-electron chi connectivity index (χ1n) is 10.3. The highest BCUT2D eigenvalue weighted by atomic mass is 32.1. The van der Waals surface area contributed by atoms with Crippen molar-refractivity contribution in [2.24, 2.45) is 0 Å². The Labute approximate surface area is 179 Å². The fourth-order valence-corrected chi connectivity index (χ4v) is 5.42. The van der Waals surface area contributed by atoms with E-state index in [1.807, 2.05) is 24.3 Å². The Balaban J connectivity index is 1.79. The molecular weight excluding hydrogens is 400 g/mol. The van der Waals surface area contributed by atoms with Gasteiger partial charge in [-0.2, -0.15) is 0 Å². The number of hydrogen-bond acceptors (Lipinski definition) is 6. The number of carbonyl (C=O) groups excluding carboxylic acids is 1. The second-order valence-electron chi connectivity index (χ2n) is 7.54. The Morgan fingerprint density at radius 2 is 2.00 bits per heavy atom. The van der Waals surface area contributed by atoms with Crippen LogP contribution in [0.25, 0.3) is 10.2 Å². The van der Waals surface area contributed by atoms with Crippen molar-refractivity contribution in [3.05, 3.63) is 56.4 Å². The van der Waals surface area contributed by atoms with Gasteiger partial charge in [0.25, 0.3) is 5.56 Å². The third kappa shape index (κ3) is 3.99. The summed E-state index contributed by atoms with van der Waals surface area (Å²) in [6.07, 6.45) is 5.56. The SMILES string of the molecule is COC(=O)CCCn1c(Cc2ccccc2OC)nc2sc3c(c2c1=O)CCCC3. The van der Waals surface area contributed by atoms with E-state index in [1.165, 1.54) is 24.0 Å². The lowest BCUT2D eigenvalue weighted by molar-refractivity contribution is -0.140. The van der Waals surface area contributed by atoms with Gasteiger partial charge < -0.3 is 9.47 Å². The van der Waals surface area contributed by atoms with E-state index in [9.17, 15) is 9.59 Å². The Morgan fingerprint density at radius 3 is 2.80 bits per heavy atom. The van der Waals surface area contributed by atoms with Gasteiger partial charge >= 0.3 is 5.97 Å². The van der Waals surface area contributed by atoms with Crippen molar-refractivity contribution in [2.75, 3.05) is 14.2 Å². The lowest BCUT2D eigenvalue weighted by Crippen LogP contribution is -2.26. The van der Waals surface area contributed by atoms with Crippen molar-refractivity contribution in [3.63, 3.8) is 0 Å². The highest BCUT2D eigenvalue weighted by molar-refractivity contribution is 7.18. The second-order valence-corrected chi connectivity index (χ2v) is 8.63. The van der Waals surface area contributed by atoms with Crippen molar-refractivity contribution in [1.29, 1.82) is 0 Å². The van der Waals surface area contributed by atoms with Gasteiger partial charge in [-0.3, -0.25) is 14.2 Å². The fraction of sp³-hybridized carbons (Fsp3) is 0.435. The topological polar surface area (TPSA) is 70.4 Å². The number of thiophene rings is 1. The number of benzene rings is 1. The first-order valence-corrected chi connectivity index (χ1v) is 11.2. The van der Waals surface area contributed by atoms with Crippen LogP contribution in [-0.4, -0.2) is 29.7 Å². The maximum atomic E-state index is 13.6. The molecule has 0 fully saturated rings. The Hall–Kier alpha value is -2.67. The van der Waals surface area contributed by atoms with Crippen molar-refractivity contribution in [1.82, 2.24) is 9.55 Å². The molecule has 0 atom stereocenters. The Bertz CT molecular complexity index is 1130.